The van der Waals surface area contributed by atoms with Crippen LogP contribution >= 0.6 is 0 Å². The fourth-order valence-corrected chi connectivity index (χ4v) is 8.19. The Morgan fingerprint density at radius 1 is 0.608 bits per heavy atom. The van der Waals surface area contributed by atoms with Crippen LogP contribution in [-0.2, 0) is 4.84 Å². The van der Waals surface area contributed by atoms with Crippen molar-refractivity contribution < 1.29 is 4.84 Å². The van der Waals surface area contributed by atoms with Crippen LogP contribution in [0.25, 0.3) is 0 Å². The van der Waals surface area contributed by atoms with Gasteiger partial charge in [0.2, 0.25) is 17.8 Å². The second kappa shape index (κ2) is 25.4. The summed E-state index contributed by atoms with van der Waals surface area (Å²) in [6, 6.07) is 0. The zero-order valence-corrected chi connectivity index (χ0v) is 35.6. The van der Waals surface area contributed by atoms with E-state index in [2.05, 4.69) is 89.4 Å². The van der Waals surface area contributed by atoms with Gasteiger partial charge in [-0.25, -0.2) is 0 Å². The molecule has 2 rings (SSSR count). The maximum Gasteiger partial charge on any atom is 0.231 e. The Morgan fingerprint density at radius 2 is 1.02 bits per heavy atom. The molecule has 0 spiro atoms. The molecule has 1 aliphatic rings. The maximum absolute atomic E-state index is 6.63. The second-order valence-electron chi connectivity index (χ2n) is 16.9. The third-order valence-corrected chi connectivity index (χ3v) is 11.1. The molecule has 51 heavy (non-hydrogen) atoms. The minimum absolute atomic E-state index is 0.0231. The highest BCUT2D eigenvalue weighted by Crippen LogP contribution is 2.45. The van der Waals surface area contributed by atoms with Crippen molar-refractivity contribution in [3.05, 3.63) is 0 Å². The number of aromatic nitrogens is 3. The highest BCUT2D eigenvalue weighted by Gasteiger charge is 2.48. The molecule has 1 aliphatic heterocycles. The van der Waals surface area contributed by atoms with Crippen LogP contribution in [-0.4, -0.2) is 70.4 Å². The zero-order chi connectivity index (χ0) is 37.5. The van der Waals surface area contributed by atoms with Crippen molar-refractivity contribution in [2.45, 2.75) is 209 Å². The number of nitrogens with zero attached hydrogens (tertiary/aromatic N) is 6. The molecule has 1 aromatic heterocycles. The molecule has 1 N–H and O–H groups in total. The maximum atomic E-state index is 6.63. The number of hydroxylamine groups is 2. The van der Waals surface area contributed by atoms with Crippen molar-refractivity contribution in [1.82, 2.24) is 20.0 Å². The first kappa shape index (κ1) is 45.5. The van der Waals surface area contributed by atoms with Crippen molar-refractivity contribution in [3.8, 4) is 0 Å². The number of nitrogens with one attached hydrogen (secondary N) is 1. The first-order chi connectivity index (χ1) is 24.6. The molecule has 0 aromatic carbocycles. The first-order valence-corrected chi connectivity index (χ1v) is 22.0. The summed E-state index contributed by atoms with van der Waals surface area (Å²) < 4.78 is 0. The predicted molar refractivity (Wildman–Crippen MR) is 222 cm³/mol. The average Bonchev–Trinajstić information content (AvgIpc) is 3.09. The Morgan fingerprint density at radius 3 is 1.43 bits per heavy atom. The van der Waals surface area contributed by atoms with Crippen molar-refractivity contribution in [1.29, 1.82) is 0 Å². The van der Waals surface area contributed by atoms with E-state index in [4.69, 9.17) is 19.8 Å². The van der Waals surface area contributed by atoms with Gasteiger partial charge in [0.1, 0.15) is 0 Å². The number of rotatable bonds is 30. The number of hydrogen-bond donors (Lipinski definition) is 1. The van der Waals surface area contributed by atoms with Gasteiger partial charge in [-0.1, -0.05) is 125 Å². The highest BCUT2D eigenvalue weighted by molar-refractivity contribution is 5.45. The summed E-state index contributed by atoms with van der Waals surface area (Å²) in [6.45, 7) is 29.0. The molecule has 0 saturated carbocycles. The molecule has 1 unspecified atom stereocenters. The van der Waals surface area contributed by atoms with Gasteiger partial charge in [0.15, 0.2) is 0 Å². The molecule has 0 radical (unpaired) electrons. The van der Waals surface area contributed by atoms with Crippen LogP contribution in [0.5, 0.6) is 0 Å². The van der Waals surface area contributed by atoms with Gasteiger partial charge in [0, 0.05) is 43.8 Å². The number of hydrogen-bond acceptors (Lipinski definition) is 8. The molecule has 0 amide bonds. The summed E-state index contributed by atoms with van der Waals surface area (Å²) in [5.41, 5.74) is -0.0462. The Bertz CT molecular complexity index is 946. The summed E-state index contributed by atoms with van der Waals surface area (Å²) in [7, 11) is 0. The van der Waals surface area contributed by atoms with E-state index in [1.165, 1.54) is 77.0 Å². The Balaban J connectivity index is 2.15. The van der Waals surface area contributed by atoms with E-state index in [0.29, 0.717) is 11.8 Å². The zero-order valence-electron chi connectivity index (χ0n) is 35.6. The van der Waals surface area contributed by atoms with Crippen LogP contribution in [0.15, 0.2) is 0 Å². The molecular formula is C43H85N7O. The monoisotopic (exact) mass is 716 g/mol. The van der Waals surface area contributed by atoms with Gasteiger partial charge < -0.3 is 15.1 Å². The topological polar surface area (TPSA) is 69.7 Å². The van der Waals surface area contributed by atoms with Gasteiger partial charge in [-0.15, -0.1) is 0 Å². The Hall–Kier alpha value is -1.67. The van der Waals surface area contributed by atoms with Gasteiger partial charge in [0.25, 0.3) is 0 Å². The SMILES string of the molecule is CCCCCCCCCCCON1C(C)(C)CC(C(CC)CNc2nc(N(CCCC)CCCC)nc(N(CCCC)CCCC)n2)CC1(C)C. The molecular weight excluding hydrogens is 631 g/mol. The predicted octanol–water partition coefficient (Wildman–Crippen LogP) is 11.9. The highest BCUT2D eigenvalue weighted by atomic mass is 16.7. The molecule has 8 nitrogen and oxygen atoms in total. The molecule has 2 heterocycles. The average molecular weight is 716 g/mol. The van der Waals surface area contributed by atoms with E-state index in [0.717, 1.165) is 109 Å². The lowest BCUT2D eigenvalue weighted by Gasteiger charge is -2.55. The van der Waals surface area contributed by atoms with E-state index in [1.807, 2.05) is 0 Å². The molecule has 298 valence electrons. The third-order valence-electron chi connectivity index (χ3n) is 11.1. The van der Waals surface area contributed by atoms with Crippen molar-refractivity contribution in [2.75, 3.05) is 54.4 Å². The standard InChI is InChI=1S/C43H85N7O/c1-11-17-22-23-24-25-26-27-28-33-51-50-42(7,8)34-38(35-43(50,9)10)37(16-6)36-44-39-45-40(48(29-18-12-2)30-19-13-3)47-41(46-39)49(31-20-14-4)32-21-15-5/h37-38H,11-36H2,1-10H3,(H,44,45,46,47). The fourth-order valence-electron chi connectivity index (χ4n) is 8.19. The Kier molecular flexibility index (Phi) is 22.6. The van der Waals surface area contributed by atoms with Crippen LogP contribution in [0.3, 0.4) is 0 Å². The molecule has 1 fully saturated rings. The van der Waals surface area contributed by atoms with Crippen LogP contribution in [0, 0.1) is 11.8 Å². The Labute approximate surface area is 317 Å². The quantitative estimate of drug-likeness (QED) is 0.0790. The van der Waals surface area contributed by atoms with Crippen LogP contribution in [0.4, 0.5) is 17.8 Å². The normalized spacial score (nSPS) is 16.7. The minimum Gasteiger partial charge on any atom is -0.354 e. The number of anilines is 3. The van der Waals surface area contributed by atoms with Gasteiger partial charge in [-0.2, -0.15) is 20.0 Å². The van der Waals surface area contributed by atoms with Crippen LogP contribution < -0.4 is 15.1 Å². The summed E-state index contributed by atoms with van der Waals surface area (Å²) in [5.74, 6) is 3.55. The number of piperidine rings is 1. The number of unbranched alkanes of at least 4 members (excludes halogenated alkanes) is 12. The van der Waals surface area contributed by atoms with E-state index >= 15 is 0 Å². The summed E-state index contributed by atoms with van der Waals surface area (Å²) in [4.78, 5) is 26.8. The van der Waals surface area contributed by atoms with Crippen LogP contribution in [0.2, 0.25) is 0 Å². The minimum atomic E-state index is -0.0231. The fraction of sp³-hybridized carbons (Fsp3) is 0.930. The largest absolute Gasteiger partial charge is 0.354 e. The van der Waals surface area contributed by atoms with Gasteiger partial charge in [-0.05, 0) is 84.5 Å². The molecule has 0 bridgehead atoms. The van der Waals surface area contributed by atoms with Crippen molar-refractivity contribution >= 4 is 17.8 Å². The molecule has 1 aromatic rings. The lowest BCUT2D eigenvalue weighted by atomic mass is 9.69. The molecule has 0 aliphatic carbocycles. The van der Waals surface area contributed by atoms with Crippen molar-refractivity contribution in [2.24, 2.45) is 11.8 Å². The summed E-state index contributed by atoms with van der Waals surface area (Å²) in [6.07, 6.45) is 24.7. The second-order valence-corrected chi connectivity index (χ2v) is 16.9. The van der Waals surface area contributed by atoms with Crippen molar-refractivity contribution in [3.63, 3.8) is 0 Å². The van der Waals surface area contributed by atoms with Gasteiger partial charge in [0.05, 0.1) is 6.61 Å². The van der Waals surface area contributed by atoms with E-state index < -0.39 is 0 Å². The summed E-state index contributed by atoms with van der Waals surface area (Å²) in [5, 5.41) is 6.16. The lowest BCUT2D eigenvalue weighted by Crippen LogP contribution is -2.61. The third kappa shape index (κ3) is 16.5. The molecule has 1 atom stereocenters. The van der Waals surface area contributed by atoms with Gasteiger partial charge in [-0.3, -0.25) is 4.84 Å². The van der Waals surface area contributed by atoms with E-state index in [9.17, 15) is 0 Å². The summed E-state index contributed by atoms with van der Waals surface area (Å²) >= 11 is 0. The van der Waals surface area contributed by atoms with Gasteiger partial charge >= 0.3 is 0 Å². The van der Waals surface area contributed by atoms with E-state index in [1.54, 1.807) is 0 Å². The van der Waals surface area contributed by atoms with E-state index in [-0.39, 0.29) is 11.1 Å². The molecule has 1 saturated heterocycles. The van der Waals surface area contributed by atoms with Crippen LogP contribution in [0.1, 0.15) is 198 Å². The lowest BCUT2D eigenvalue weighted by molar-refractivity contribution is -0.290. The first-order valence-electron chi connectivity index (χ1n) is 22.0. The molecule has 8 heteroatoms. The smallest absolute Gasteiger partial charge is 0.231 e.